The normalized spacial score (nSPS) is 36.7. The molecule has 4 aliphatic rings. The van der Waals surface area contributed by atoms with Gasteiger partial charge in [-0.25, -0.2) is 0 Å². The number of piperidine rings is 1. The molecule has 5 N–H and O–H groups in total. The lowest BCUT2D eigenvalue weighted by atomic mass is 9.47. The summed E-state index contributed by atoms with van der Waals surface area (Å²) in [6.07, 6.45) is 1.72. The van der Waals surface area contributed by atoms with Crippen molar-refractivity contribution in [3.05, 3.63) is 23.3 Å². The van der Waals surface area contributed by atoms with E-state index in [0.29, 0.717) is 11.3 Å². The molecule has 0 spiro atoms. The van der Waals surface area contributed by atoms with Crippen LogP contribution in [-0.2, 0) is 19.2 Å². The first kappa shape index (κ1) is 28.4. The summed E-state index contributed by atoms with van der Waals surface area (Å²) >= 11 is 0. The van der Waals surface area contributed by atoms with E-state index in [0.717, 1.165) is 25.9 Å². The lowest BCUT2D eigenvalue weighted by molar-refractivity contribution is -0.188. The molecule has 2 saturated carbocycles. The molecule has 11 nitrogen and oxygen atoms in total. The molecule has 2 unspecified atom stereocenters. The number of carbonyl (C=O) groups excluding carboxylic acids is 5. The minimum absolute atomic E-state index is 0.00391. The molecule has 1 aromatic carbocycles. The number of primary amides is 1. The Morgan fingerprint density at radius 3 is 2.30 bits per heavy atom. The van der Waals surface area contributed by atoms with Crippen LogP contribution in [0.25, 0.3) is 0 Å². The number of aromatic hydroxyl groups is 1. The highest BCUT2D eigenvalue weighted by Crippen LogP contribution is 2.57. The van der Waals surface area contributed by atoms with Crippen molar-refractivity contribution in [1.29, 1.82) is 0 Å². The van der Waals surface area contributed by atoms with Gasteiger partial charge in [0.05, 0.1) is 23.2 Å². The van der Waals surface area contributed by atoms with Crippen molar-refractivity contribution in [3.8, 4) is 5.75 Å². The first-order valence-corrected chi connectivity index (χ1v) is 13.9. The molecule has 3 aliphatic carbocycles. The van der Waals surface area contributed by atoms with E-state index in [1.165, 1.54) is 4.90 Å². The Labute approximate surface area is 233 Å². The SMILES string of the molecule is C[C@H]1[C@H]2C(C(=O)c3c(ccc(NC4CCN(C)CC4)c3O)[C@@H]2C)C(=O)[C@]2(O)C(=O)C(C(N)=O)C(=O)[C@@H](N(C)C)[C@H]12. The highest BCUT2D eigenvalue weighted by molar-refractivity contribution is 6.32. The average Bonchev–Trinajstić information content (AvgIpc) is 2.88. The topological polar surface area (TPSA) is 170 Å². The number of amides is 1. The Hall–Kier alpha value is -3.15. The van der Waals surface area contributed by atoms with Crippen molar-refractivity contribution in [3.63, 3.8) is 0 Å². The number of aliphatic hydroxyl groups is 1. The van der Waals surface area contributed by atoms with Gasteiger partial charge in [0.25, 0.3) is 0 Å². The summed E-state index contributed by atoms with van der Waals surface area (Å²) in [5.41, 5.74) is 3.62. The van der Waals surface area contributed by atoms with Crippen LogP contribution in [0.5, 0.6) is 5.75 Å². The van der Waals surface area contributed by atoms with E-state index in [9.17, 15) is 34.2 Å². The number of ketones is 4. The van der Waals surface area contributed by atoms with Crippen LogP contribution < -0.4 is 11.1 Å². The lowest BCUT2D eigenvalue weighted by Crippen LogP contribution is -2.76. The minimum Gasteiger partial charge on any atom is -0.505 e. The zero-order chi connectivity index (χ0) is 29.4. The number of rotatable bonds is 4. The second-order valence-electron chi connectivity index (χ2n) is 12.4. The highest BCUT2D eigenvalue weighted by atomic mass is 16.3. The molecule has 11 heteroatoms. The zero-order valence-electron chi connectivity index (χ0n) is 23.5. The lowest BCUT2D eigenvalue weighted by Gasteiger charge is -2.57. The summed E-state index contributed by atoms with van der Waals surface area (Å²) < 4.78 is 0. The number of hydrogen-bond acceptors (Lipinski definition) is 10. The fourth-order valence-electron chi connectivity index (χ4n) is 7.98. The van der Waals surface area contributed by atoms with Crippen LogP contribution >= 0.6 is 0 Å². The maximum absolute atomic E-state index is 14.1. The number of fused-ring (bicyclic) bond motifs is 3. The quantitative estimate of drug-likeness (QED) is 0.297. The van der Waals surface area contributed by atoms with Crippen LogP contribution in [0.4, 0.5) is 5.69 Å². The molecule has 216 valence electrons. The van der Waals surface area contributed by atoms with E-state index in [4.69, 9.17) is 5.73 Å². The molecule has 8 atom stereocenters. The third kappa shape index (κ3) is 3.85. The van der Waals surface area contributed by atoms with E-state index in [1.807, 2.05) is 14.0 Å². The molecule has 1 heterocycles. The first-order chi connectivity index (χ1) is 18.7. The Kier molecular flexibility index (Phi) is 6.91. The Morgan fingerprint density at radius 2 is 1.73 bits per heavy atom. The van der Waals surface area contributed by atoms with Gasteiger partial charge in [-0.1, -0.05) is 19.9 Å². The second kappa shape index (κ2) is 9.74. The van der Waals surface area contributed by atoms with Crippen molar-refractivity contribution in [2.24, 2.45) is 35.3 Å². The van der Waals surface area contributed by atoms with Gasteiger partial charge in [0.15, 0.2) is 34.7 Å². The molecular formula is C29H38N4O7. The number of Topliss-reactive ketones (excluding diaryl/α,β-unsaturated/α-hetero) is 4. The predicted molar refractivity (Wildman–Crippen MR) is 145 cm³/mol. The summed E-state index contributed by atoms with van der Waals surface area (Å²) in [6.45, 7) is 5.37. The number of anilines is 1. The van der Waals surface area contributed by atoms with Gasteiger partial charge >= 0.3 is 0 Å². The van der Waals surface area contributed by atoms with Crippen molar-refractivity contribution < 1.29 is 34.2 Å². The number of nitrogens with two attached hydrogens (primary N) is 1. The Morgan fingerprint density at radius 1 is 1.10 bits per heavy atom. The molecule has 1 aromatic rings. The van der Waals surface area contributed by atoms with Crippen LogP contribution in [0.15, 0.2) is 12.1 Å². The van der Waals surface area contributed by atoms with Gasteiger partial charge in [-0.3, -0.25) is 28.9 Å². The third-order valence-electron chi connectivity index (χ3n) is 9.98. The molecule has 5 rings (SSSR count). The first-order valence-electron chi connectivity index (χ1n) is 13.9. The maximum Gasteiger partial charge on any atom is 0.235 e. The summed E-state index contributed by atoms with van der Waals surface area (Å²) in [5, 5.41) is 26.5. The number of likely N-dealkylation sites (tertiary alicyclic amines) is 1. The largest absolute Gasteiger partial charge is 0.505 e. The number of likely N-dealkylation sites (N-methyl/N-ethyl adjacent to an activating group) is 1. The summed E-state index contributed by atoms with van der Waals surface area (Å²) in [5.74, 6) is -11.5. The van der Waals surface area contributed by atoms with Gasteiger partial charge in [0.1, 0.15) is 5.75 Å². The van der Waals surface area contributed by atoms with E-state index in [2.05, 4.69) is 10.2 Å². The van der Waals surface area contributed by atoms with Gasteiger partial charge in [-0.15, -0.1) is 0 Å². The predicted octanol–water partition coefficient (Wildman–Crippen LogP) is 0.180. The van der Waals surface area contributed by atoms with E-state index < -0.39 is 76.2 Å². The molecular weight excluding hydrogens is 516 g/mol. The van der Waals surface area contributed by atoms with Gasteiger partial charge in [0.2, 0.25) is 5.91 Å². The molecule has 3 fully saturated rings. The monoisotopic (exact) mass is 554 g/mol. The number of nitrogens with zero attached hydrogens (tertiary/aromatic N) is 2. The zero-order valence-corrected chi connectivity index (χ0v) is 23.5. The number of phenols is 1. The Bertz CT molecular complexity index is 1300. The summed E-state index contributed by atoms with van der Waals surface area (Å²) in [6, 6.07) is 2.49. The molecule has 1 amide bonds. The smallest absolute Gasteiger partial charge is 0.235 e. The second-order valence-corrected chi connectivity index (χ2v) is 12.4. The van der Waals surface area contributed by atoms with Gasteiger partial charge in [-0.2, -0.15) is 0 Å². The fraction of sp³-hybridized carbons (Fsp3) is 0.621. The van der Waals surface area contributed by atoms with Crippen molar-refractivity contribution >= 4 is 34.7 Å². The van der Waals surface area contributed by atoms with E-state index in [-0.39, 0.29) is 17.4 Å². The summed E-state index contributed by atoms with van der Waals surface area (Å²) in [7, 11) is 5.19. The molecule has 0 bridgehead atoms. The van der Waals surface area contributed by atoms with E-state index in [1.54, 1.807) is 33.2 Å². The van der Waals surface area contributed by atoms with Crippen LogP contribution in [0.3, 0.4) is 0 Å². The number of nitrogens with one attached hydrogen (secondary N) is 1. The van der Waals surface area contributed by atoms with Crippen LogP contribution in [0.2, 0.25) is 0 Å². The Balaban J connectivity index is 1.59. The fourth-order valence-corrected chi connectivity index (χ4v) is 7.98. The minimum atomic E-state index is -2.75. The highest BCUT2D eigenvalue weighted by Gasteiger charge is 2.72. The summed E-state index contributed by atoms with van der Waals surface area (Å²) in [4.78, 5) is 71.0. The molecule has 1 saturated heterocycles. The molecule has 0 aromatic heterocycles. The molecule has 1 aliphatic heterocycles. The van der Waals surface area contributed by atoms with Crippen molar-refractivity contribution in [2.45, 2.75) is 50.3 Å². The molecule has 40 heavy (non-hydrogen) atoms. The number of carbonyl (C=O) groups is 5. The van der Waals surface area contributed by atoms with E-state index >= 15 is 0 Å². The van der Waals surface area contributed by atoms with Gasteiger partial charge in [0, 0.05) is 12.0 Å². The third-order valence-corrected chi connectivity index (χ3v) is 9.98. The van der Waals surface area contributed by atoms with Crippen LogP contribution in [-0.4, -0.2) is 101 Å². The van der Waals surface area contributed by atoms with Gasteiger partial charge < -0.3 is 26.2 Å². The molecule has 0 radical (unpaired) electrons. The number of phenolic OH excluding ortho intramolecular Hbond substituents is 1. The van der Waals surface area contributed by atoms with Crippen LogP contribution in [0, 0.1) is 29.6 Å². The van der Waals surface area contributed by atoms with Crippen molar-refractivity contribution in [1.82, 2.24) is 9.80 Å². The van der Waals surface area contributed by atoms with Crippen LogP contribution in [0.1, 0.15) is 48.5 Å². The average molecular weight is 555 g/mol. The number of hydrogen-bond donors (Lipinski definition) is 4. The van der Waals surface area contributed by atoms with Crippen molar-refractivity contribution in [2.75, 3.05) is 39.5 Å². The standard InChI is InChI=1S/C29H38N4O7/c1-12-15-6-7-16(31-14-8-10-33(5)11-9-14)23(34)18(15)24(35)19-17(12)13(2)21-22(32(3)4)25(36)20(28(30)39)27(38)29(21,40)26(19)37/h6-7,12-14,17,19-22,31,34,40H,8-11H2,1-5H3,(H2,30,39)/t12-,13-,17-,19?,20?,21-,22-,29-/m0/s1. The number of benzene rings is 1. The van der Waals surface area contributed by atoms with Gasteiger partial charge in [-0.05, 0) is 76.5 Å². The maximum atomic E-state index is 14.1.